The minimum absolute atomic E-state index is 0. The first-order valence-electron chi connectivity index (χ1n) is 12.4. The molecule has 34 heavy (non-hydrogen) atoms. The Kier molecular flexibility index (Phi) is 12.5. The molecule has 188 valence electrons. The fourth-order valence-electron chi connectivity index (χ4n) is 4.13. The van der Waals surface area contributed by atoms with Gasteiger partial charge in [-0.3, -0.25) is 14.6 Å². The molecule has 0 unspecified atom stereocenters. The average Bonchev–Trinajstić information content (AvgIpc) is 3.20. The molecule has 0 saturated heterocycles. The molecule has 0 radical (unpaired) electrons. The molecule has 2 aliphatic rings. The second-order valence-corrected chi connectivity index (χ2v) is 9.50. The number of hydrogen-bond donors (Lipinski definition) is 1. The van der Waals surface area contributed by atoms with Crippen LogP contribution >= 0.6 is 24.2 Å². The normalized spacial score (nSPS) is 14.9. The standard InChI is InChI=1S/C26H37N3O3S.ClH/c1-3-5-6-7-8-9-11-20-12-14-21(15-13-20)28-25(31)24-22(16-17-23(30)32-4-2)29-19-10-18-27-26(29)33-24;/h12-15H,3-11,16-19H2,1-2H3,(H,28,31);1H. The lowest BCUT2D eigenvalue weighted by atomic mass is 10.0. The van der Waals surface area contributed by atoms with Crippen LogP contribution in [0.15, 0.2) is 39.9 Å². The average molecular weight is 508 g/mol. The zero-order chi connectivity index (χ0) is 23.5. The molecule has 0 atom stereocenters. The number of amides is 1. The number of esters is 1. The summed E-state index contributed by atoms with van der Waals surface area (Å²) < 4.78 is 5.07. The van der Waals surface area contributed by atoms with Gasteiger partial charge < -0.3 is 15.0 Å². The highest BCUT2D eigenvalue weighted by atomic mass is 35.5. The largest absolute Gasteiger partial charge is 0.466 e. The van der Waals surface area contributed by atoms with Crippen molar-refractivity contribution >= 4 is 46.9 Å². The summed E-state index contributed by atoms with van der Waals surface area (Å²) in [5, 5.41) is 3.90. The quantitative estimate of drug-likeness (QED) is 0.250. The molecule has 0 aromatic heterocycles. The van der Waals surface area contributed by atoms with E-state index in [1.807, 2.05) is 12.1 Å². The Morgan fingerprint density at radius 2 is 1.79 bits per heavy atom. The number of unbranched alkanes of at least 4 members (excludes halogenated alkanes) is 5. The Morgan fingerprint density at radius 1 is 1.06 bits per heavy atom. The number of fused-ring (bicyclic) bond motifs is 1. The number of amidine groups is 1. The van der Waals surface area contributed by atoms with E-state index in [9.17, 15) is 9.59 Å². The molecule has 0 bridgehead atoms. The number of benzene rings is 1. The maximum absolute atomic E-state index is 13.1. The minimum Gasteiger partial charge on any atom is -0.466 e. The number of carbonyl (C=O) groups excluding carboxylic acids is 2. The van der Waals surface area contributed by atoms with Crippen molar-refractivity contribution in [1.29, 1.82) is 0 Å². The number of anilines is 1. The number of hydrogen-bond acceptors (Lipinski definition) is 6. The van der Waals surface area contributed by atoms with Crippen molar-refractivity contribution in [1.82, 2.24) is 4.90 Å². The smallest absolute Gasteiger partial charge is 0.306 e. The summed E-state index contributed by atoms with van der Waals surface area (Å²) in [5.74, 6) is -0.377. The second-order valence-electron chi connectivity index (χ2n) is 8.52. The lowest BCUT2D eigenvalue weighted by Crippen LogP contribution is -2.30. The molecule has 1 amide bonds. The molecule has 0 fully saturated rings. The lowest BCUT2D eigenvalue weighted by Gasteiger charge is -2.25. The monoisotopic (exact) mass is 507 g/mol. The highest BCUT2D eigenvalue weighted by molar-refractivity contribution is 8.18. The van der Waals surface area contributed by atoms with Gasteiger partial charge in [-0.25, -0.2) is 0 Å². The van der Waals surface area contributed by atoms with Crippen molar-refractivity contribution in [2.24, 2.45) is 4.99 Å². The van der Waals surface area contributed by atoms with Gasteiger partial charge in [0.25, 0.3) is 5.91 Å². The Balaban J connectivity index is 0.00000408. The van der Waals surface area contributed by atoms with E-state index >= 15 is 0 Å². The maximum Gasteiger partial charge on any atom is 0.306 e. The van der Waals surface area contributed by atoms with Gasteiger partial charge in [0.15, 0.2) is 5.17 Å². The van der Waals surface area contributed by atoms with Gasteiger partial charge in [-0.05, 0) is 62.1 Å². The summed E-state index contributed by atoms with van der Waals surface area (Å²) in [4.78, 5) is 32.3. The zero-order valence-electron chi connectivity index (χ0n) is 20.4. The van der Waals surface area contributed by atoms with E-state index in [2.05, 4.69) is 34.3 Å². The maximum atomic E-state index is 13.1. The highest BCUT2D eigenvalue weighted by Crippen LogP contribution is 2.38. The number of thioether (sulfide) groups is 1. The molecule has 2 heterocycles. The molecule has 8 heteroatoms. The van der Waals surface area contributed by atoms with Crippen molar-refractivity contribution in [3.63, 3.8) is 0 Å². The van der Waals surface area contributed by atoms with Crippen LogP contribution in [0.25, 0.3) is 0 Å². The van der Waals surface area contributed by atoms with Crippen LogP contribution in [0.3, 0.4) is 0 Å². The predicted octanol–water partition coefficient (Wildman–Crippen LogP) is 6.31. The number of halogens is 1. The predicted molar refractivity (Wildman–Crippen MR) is 144 cm³/mol. The molecule has 1 aromatic rings. The Morgan fingerprint density at radius 3 is 2.53 bits per heavy atom. The third-order valence-electron chi connectivity index (χ3n) is 5.91. The van der Waals surface area contributed by atoms with Crippen LogP contribution in [-0.4, -0.2) is 41.6 Å². The Bertz CT molecular complexity index is 871. The van der Waals surface area contributed by atoms with Crippen LogP contribution in [0.4, 0.5) is 5.69 Å². The summed E-state index contributed by atoms with van der Waals surface area (Å²) in [6.07, 6.45) is 10.5. The van der Waals surface area contributed by atoms with Gasteiger partial charge in [0, 0.05) is 24.5 Å². The highest BCUT2D eigenvalue weighted by Gasteiger charge is 2.34. The van der Waals surface area contributed by atoms with Crippen LogP contribution in [-0.2, 0) is 20.7 Å². The number of nitrogens with zero attached hydrogens (tertiary/aromatic N) is 2. The Labute approximate surface area is 214 Å². The molecule has 2 aliphatic heterocycles. The molecule has 1 aromatic carbocycles. The van der Waals surface area contributed by atoms with Crippen molar-refractivity contribution < 1.29 is 14.3 Å². The van der Waals surface area contributed by atoms with Gasteiger partial charge in [0.05, 0.1) is 17.9 Å². The van der Waals surface area contributed by atoms with Gasteiger partial charge in [0.2, 0.25) is 0 Å². The number of aliphatic imine (C=N–C) groups is 1. The number of ether oxygens (including phenoxy) is 1. The van der Waals surface area contributed by atoms with E-state index in [1.54, 1.807) is 6.92 Å². The summed E-state index contributed by atoms with van der Waals surface area (Å²) in [7, 11) is 0. The van der Waals surface area contributed by atoms with Gasteiger partial charge >= 0.3 is 5.97 Å². The molecular weight excluding hydrogens is 470 g/mol. The number of allylic oxidation sites excluding steroid dienone is 1. The second kappa shape index (κ2) is 15.1. The summed E-state index contributed by atoms with van der Waals surface area (Å²) >= 11 is 1.41. The summed E-state index contributed by atoms with van der Waals surface area (Å²) in [6.45, 7) is 6.01. The number of rotatable bonds is 13. The third-order valence-corrected chi connectivity index (χ3v) is 7.06. The van der Waals surface area contributed by atoms with E-state index in [4.69, 9.17) is 4.74 Å². The molecule has 0 spiro atoms. The van der Waals surface area contributed by atoms with E-state index in [1.165, 1.54) is 55.9 Å². The fraction of sp³-hybridized carbons (Fsp3) is 0.577. The number of carbonyl (C=O) groups is 2. The van der Waals surface area contributed by atoms with Gasteiger partial charge in [0.1, 0.15) is 0 Å². The van der Waals surface area contributed by atoms with E-state index in [0.29, 0.717) is 17.9 Å². The molecular formula is C26H38ClN3O3S. The van der Waals surface area contributed by atoms with Crippen molar-refractivity contribution in [3.05, 3.63) is 40.4 Å². The zero-order valence-corrected chi connectivity index (χ0v) is 22.1. The van der Waals surface area contributed by atoms with Crippen molar-refractivity contribution in [2.75, 3.05) is 25.0 Å². The fourth-order valence-corrected chi connectivity index (χ4v) is 5.25. The van der Waals surface area contributed by atoms with Crippen molar-refractivity contribution in [2.45, 2.75) is 78.1 Å². The molecule has 3 rings (SSSR count). The minimum atomic E-state index is -0.238. The topological polar surface area (TPSA) is 71.0 Å². The van der Waals surface area contributed by atoms with Gasteiger partial charge in [-0.15, -0.1) is 12.4 Å². The van der Waals surface area contributed by atoms with E-state index < -0.39 is 0 Å². The van der Waals surface area contributed by atoms with Crippen LogP contribution in [0.2, 0.25) is 0 Å². The summed E-state index contributed by atoms with van der Waals surface area (Å²) in [6, 6.07) is 8.17. The Hall–Kier alpha value is -1.99. The molecule has 1 N–H and O–H groups in total. The first-order chi connectivity index (χ1) is 16.1. The van der Waals surface area contributed by atoms with Gasteiger partial charge in [-0.1, -0.05) is 51.2 Å². The molecule has 0 aliphatic carbocycles. The van der Waals surface area contributed by atoms with E-state index in [0.717, 1.165) is 42.5 Å². The van der Waals surface area contributed by atoms with Crippen molar-refractivity contribution in [3.8, 4) is 0 Å². The number of nitrogens with one attached hydrogen (secondary N) is 1. The SMILES string of the molecule is CCCCCCCCc1ccc(NC(=O)C2=C(CCC(=O)OCC)N3CCCN=C3S2)cc1.Cl. The van der Waals surface area contributed by atoms with Crippen LogP contribution in [0.5, 0.6) is 0 Å². The lowest BCUT2D eigenvalue weighted by molar-refractivity contribution is -0.143. The first-order valence-corrected chi connectivity index (χ1v) is 13.2. The molecule has 0 saturated carbocycles. The summed E-state index contributed by atoms with van der Waals surface area (Å²) in [5.41, 5.74) is 2.97. The van der Waals surface area contributed by atoms with Crippen LogP contribution in [0.1, 0.15) is 77.2 Å². The number of aryl methyl sites for hydroxylation is 1. The third kappa shape index (κ3) is 8.35. The van der Waals surface area contributed by atoms with Crippen LogP contribution in [0, 0.1) is 0 Å². The molecule has 6 nitrogen and oxygen atoms in total. The first kappa shape index (κ1) is 28.2. The van der Waals surface area contributed by atoms with E-state index in [-0.39, 0.29) is 30.7 Å². The van der Waals surface area contributed by atoms with Crippen LogP contribution < -0.4 is 5.32 Å². The van der Waals surface area contributed by atoms with Gasteiger partial charge in [-0.2, -0.15) is 0 Å².